The van der Waals surface area contributed by atoms with E-state index in [2.05, 4.69) is 15.4 Å². The highest BCUT2D eigenvalue weighted by molar-refractivity contribution is 7.89. The molecule has 1 saturated heterocycles. The molecule has 0 radical (unpaired) electrons. The highest BCUT2D eigenvalue weighted by atomic mass is 32.2. The number of hydrogen-bond donors (Lipinski definition) is 1. The fraction of sp³-hybridized carbons (Fsp3) is 0.333. The van der Waals surface area contributed by atoms with E-state index < -0.39 is 14.9 Å². The zero-order valence-corrected chi connectivity index (χ0v) is 16.4. The lowest BCUT2D eigenvalue weighted by Crippen LogP contribution is -2.35. The molecule has 10 nitrogen and oxygen atoms in total. The smallest absolute Gasteiger partial charge is 0.293 e. The van der Waals surface area contributed by atoms with E-state index in [4.69, 9.17) is 0 Å². The van der Waals surface area contributed by atoms with Crippen molar-refractivity contribution < 1.29 is 13.3 Å². The molecule has 3 aromatic rings. The Labute approximate surface area is 167 Å². The number of nitro groups is 1. The summed E-state index contributed by atoms with van der Waals surface area (Å²) >= 11 is 0. The lowest BCUT2D eigenvalue weighted by Gasteiger charge is -2.25. The number of nitrogens with one attached hydrogen (secondary N) is 1. The average molecular weight is 416 g/mol. The van der Waals surface area contributed by atoms with Crippen LogP contribution in [0.4, 0.5) is 11.4 Å². The minimum atomic E-state index is -3.74. The van der Waals surface area contributed by atoms with E-state index in [1.165, 1.54) is 16.4 Å². The molecule has 1 fully saturated rings. The molecule has 1 aliphatic rings. The molecule has 0 unspecified atom stereocenters. The molecule has 1 aromatic carbocycles. The van der Waals surface area contributed by atoms with Gasteiger partial charge in [0.25, 0.3) is 5.69 Å². The maximum absolute atomic E-state index is 12.8. The second-order valence-corrected chi connectivity index (χ2v) is 8.73. The molecule has 0 spiro atoms. The minimum Gasteiger partial charge on any atom is -0.374 e. The van der Waals surface area contributed by atoms with Crippen LogP contribution in [-0.4, -0.2) is 45.3 Å². The molecule has 0 bridgehead atoms. The van der Waals surface area contributed by atoms with Crippen molar-refractivity contribution in [1.29, 1.82) is 0 Å². The van der Waals surface area contributed by atoms with Crippen LogP contribution in [0.2, 0.25) is 0 Å². The molecule has 152 valence electrons. The lowest BCUT2D eigenvalue weighted by molar-refractivity contribution is -0.384. The Balaban J connectivity index is 1.61. The molecule has 29 heavy (non-hydrogen) atoms. The third-order valence-corrected chi connectivity index (χ3v) is 6.84. The van der Waals surface area contributed by atoms with Crippen molar-refractivity contribution in [3.05, 3.63) is 58.5 Å². The minimum absolute atomic E-state index is 0.0602. The lowest BCUT2D eigenvalue weighted by atomic mass is 10.2. The topological polar surface area (TPSA) is 123 Å². The Hall–Kier alpha value is -3.05. The molecule has 0 saturated carbocycles. The summed E-state index contributed by atoms with van der Waals surface area (Å²) in [5.41, 5.74) is 1.39. The Kier molecular flexibility index (Phi) is 5.16. The van der Waals surface area contributed by atoms with Crippen molar-refractivity contribution in [3.63, 3.8) is 0 Å². The van der Waals surface area contributed by atoms with Crippen molar-refractivity contribution in [2.45, 2.75) is 30.7 Å². The van der Waals surface area contributed by atoms with E-state index in [-0.39, 0.29) is 22.8 Å². The number of piperidine rings is 1. The largest absolute Gasteiger partial charge is 0.374 e. The van der Waals surface area contributed by atoms with Crippen molar-refractivity contribution in [2.75, 3.05) is 18.4 Å². The fourth-order valence-electron chi connectivity index (χ4n) is 3.43. The van der Waals surface area contributed by atoms with Crippen LogP contribution >= 0.6 is 0 Å². The number of aromatic nitrogens is 3. The number of fused-ring (bicyclic) bond motifs is 1. The van der Waals surface area contributed by atoms with Crippen LogP contribution < -0.4 is 5.32 Å². The summed E-state index contributed by atoms with van der Waals surface area (Å²) in [5.74, 6) is 0. The Morgan fingerprint density at radius 3 is 2.66 bits per heavy atom. The molecule has 0 aliphatic carbocycles. The molecule has 11 heteroatoms. The monoisotopic (exact) mass is 416 g/mol. The predicted molar refractivity (Wildman–Crippen MR) is 106 cm³/mol. The first-order chi connectivity index (χ1) is 14.0. The number of rotatable bonds is 6. The summed E-state index contributed by atoms with van der Waals surface area (Å²) in [5, 5.41) is 18.8. The summed E-state index contributed by atoms with van der Waals surface area (Å²) in [6.45, 7) is 1.15. The Morgan fingerprint density at radius 1 is 1.10 bits per heavy atom. The van der Waals surface area contributed by atoms with Gasteiger partial charge in [0.2, 0.25) is 10.0 Å². The van der Waals surface area contributed by atoms with Gasteiger partial charge >= 0.3 is 0 Å². The van der Waals surface area contributed by atoms with E-state index in [0.29, 0.717) is 18.7 Å². The standard InChI is InChI=1S/C18H20N6O4S/c25-24(26)17-12-15(29(27,28)22-10-2-1-3-11-22)4-5-16(17)20-13-14-6-8-19-18-7-9-21-23(14)18/h4-9,12,20H,1-3,10-11,13H2. The van der Waals surface area contributed by atoms with Gasteiger partial charge < -0.3 is 5.32 Å². The van der Waals surface area contributed by atoms with Gasteiger partial charge in [0.1, 0.15) is 5.69 Å². The normalized spacial score (nSPS) is 15.4. The maximum atomic E-state index is 12.8. The van der Waals surface area contributed by atoms with E-state index in [1.807, 2.05) is 0 Å². The Bertz CT molecular complexity index is 1150. The van der Waals surface area contributed by atoms with Gasteiger partial charge in [-0.3, -0.25) is 10.1 Å². The van der Waals surface area contributed by atoms with Gasteiger partial charge in [-0.1, -0.05) is 6.42 Å². The third kappa shape index (κ3) is 3.78. The van der Waals surface area contributed by atoms with Gasteiger partial charge in [0.05, 0.1) is 28.3 Å². The summed E-state index contributed by atoms with van der Waals surface area (Å²) in [7, 11) is -3.74. The van der Waals surface area contributed by atoms with E-state index in [1.54, 1.807) is 29.0 Å². The number of sulfonamides is 1. The van der Waals surface area contributed by atoms with E-state index in [0.717, 1.165) is 31.0 Å². The van der Waals surface area contributed by atoms with Gasteiger partial charge in [0.15, 0.2) is 5.65 Å². The molecule has 4 rings (SSSR count). The van der Waals surface area contributed by atoms with Crippen molar-refractivity contribution >= 4 is 27.0 Å². The second-order valence-electron chi connectivity index (χ2n) is 6.79. The first-order valence-electron chi connectivity index (χ1n) is 9.27. The molecule has 3 heterocycles. The van der Waals surface area contributed by atoms with Crippen LogP contribution in [0.5, 0.6) is 0 Å². The van der Waals surface area contributed by atoms with Crippen LogP contribution in [0, 0.1) is 10.1 Å². The van der Waals surface area contributed by atoms with Gasteiger partial charge in [0, 0.05) is 31.4 Å². The first-order valence-corrected chi connectivity index (χ1v) is 10.7. The van der Waals surface area contributed by atoms with Crippen LogP contribution in [0.1, 0.15) is 25.0 Å². The van der Waals surface area contributed by atoms with Crippen LogP contribution in [-0.2, 0) is 16.6 Å². The molecule has 1 N–H and O–H groups in total. The number of anilines is 1. The highest BCUT2D eigenvalue weighted by Crippen LogP contribution is 2.30. The van der Waals surface area contributed by atoms with Gasteiger partial charge in [-0.05, 0) is 31.0 Å². The zero-order valence-electron chi connectivity index (χ0n) is 15.6. The summed E-state index contributed by atoms with van der Waals surface area (Å²) in [6, 6.07) is 7.49. The number of benzene rings is 1. The summed E-state index contributed by atoms with van der Waals surface area (Å²) in [4.78, 5) is 15.1. The fourth-order valence-corrected chi connectivity index (χ4v) is 4.97. The molecular weight excluding hydrogens is 396 g/mol. The third-order valence-electron chi connectivity index (χ3n) is 4.95. The van der Waals surface area contributed by atoms with Gasteiger partial charge in [-0.25, -0.2) is 17.9 Å². The second kappa shape index (κ2) is 7.76. The maximum Gasteiger partial charge on any atom is 0.293 e. The number of hydrogen-bond acceptors (Lipinski definition) is 7. The van der Waals surface area contributed by atoms with E-state index >= 15 is 0 Å². The van der Waals surface area contributed by atoms with Crippen LogP contribution in [0.15, 0.2) is 47.6 Å². The summed E-state index contributed by atoms with van der Waals surface area (Å²) < 4.78 is 28.7. The molecule has 2 aromatic heterocycles. The highest BCUT2D eigenvalue weighted by Gasteiger charge is 2.28. The molecular formula is C18H20N6O4S. The van der Waals surface area contributed by atoms with Crippen LogP contribution in [0.25, 0.3) is 5.65 Å². The zero-order chi connectivity index (χ0) is 20.4. The summed E-state index contributed by atoms with van der Waals surface area (Å²) in [6.07, 6.45) is 5.85. The SMILES string of the molecule is O=[N+]([O-])c1cc(S(=O)(=O)N2CCCCC2)ccc1NCc1ccnc2ccnn12. The van der Waals surface area contributed by atoms with Gasteiger partial charge in [-0.15, -0.1) is 0 Å². The number of nitro benzene ring substituents is 1. The molecule has 1 aliphatic heterocycles. The van der Waals surface area contributed by atoms with Crippen LogP contribution in [0.3, 0.4) is 0 Å². The Morgan fingerprint density at radius 2 is 1.90 bits per heavy atom. The first kappa shape index (κ1) is 19.3. The van der Waals surface area contributed by atoms with E-state index in [9.17, 15) is 18.5 Å². The number of nitrogens with zero attached hydrogens (tertiary/aromatic N) is 5. The van der Waals surface area contributed by atoms with Crippen molar-refractivity contribution in [3.8, 4) is 0 Å². The predicted octanol–water partition coefficient (Wildman–Crippen LogP) is 2.42. The van der Waals surface area contributed by atoms with Crippen molar-refractivity contribution in [2.24, 2.45) is 0 Å². The molecule has 0 atom stereocenters. The average Bonchev–Trinajstić information content (AvgIpc) is 3.22. The quantitative estimate of drug-likeness (QED) is 0.483. The molecule has 0 amide bonds. The van der Waals surface area contributed by atoms with Gasteiger partial charge in [-0.2, -0.15) is 9.40 Å². The van der Waals surface area contributed by atoms with Crippen molar-refractivity contribution in [1.82, 2.24) is 18.9 Å².